The number of ether oxygens (including phenoxy) is 3. The number of alkyl halides is 3. The molecule has 8 nitrogen and oxygen atoms in total. The summed E-state index contributed by atoms with van der Waals surface area (Å²) in [6.45, 7) is -0.143. The lowest BCUT2D eigenvalue weighted by molar-refractivity contribution is -0.340. The van der Waals surface area contributed by atoms with Gasteiger partial charge >= 0.3 is 6.36 Å². The number of nitrogens with zero attached hydrogens (tertiary/aromatic N) is 1. The zero-order chi connectivity index (χ0) is 24.3. The molecule has 2 amide bonds. The molecule has 1 unspecified atom stereocenters. The number of carbonyl (C=O) groups is 2. The molecule has 34 heavy (non-hydrogen) atoms. The summed E-state index contributed by atoms with van der Waals surface area (Å²) < 4.78 is 52.5. The molecule has 186 valence electrons. The molecule has 1 aromatic carbocycles. The van der Waals surface area contributed by atoms with E-state index >= 15 is 0 Å². The first kappa shape index (κ1) is 23.7. The summed E-state index contributed by atoms with van der Waals surface area (Å²) in [4.78, 5) is 26.4. The summed E-state index contributed by atoms with van der Waals surface area (Å²) in [5.74, 6) is -0.278. The Balaban J connectivity index is 1.06. The number of halogens is 4. The molecule has 2 heterocycles. The van der Waals surface area contributed by atoms with Crippen molar-refractivity contribution in [2.45, 2.75) is 67.9 Å². The SMILES string of the molecule is O=C(NC12CC(OCC(=O)N3CCC(OC(F)(F)F)C3)(C1)C2)[C@H]1C[C@@H](O)c2cc(Cl)ccc2O1. The van der Waals surface area contributed by atoms with Gasteiger partial charge in [-0.1, -0.05) is 11.6 Å². The van der Waals surface area contributed by atoms with Gasteiger partial charge in [0, 0.05) is 35.6 Å². The lowest BCUT2D eigenvalue weighted by Gasteiger charge is -2.69. The van der Waals surface area contributed by atoms with Gasteiger partial charge in [-0.2, -0.15) is 0 Å². The van der Waals surface area contributed by atoms with E-state index in [-0.39, 0.29) is 44.4 Å². The highest BCUT2D eigenvalue weighted by Gasteiger charge is 2.70. The highest BCUT2D eigenvalue weighted by atomic mass is 35.5. The van der Waals surface area contributed by atoms with Gasteiger partial charge in [0.1, 0.15) is 12.4 Å². The Morgan fingerprint density at radius 1 is 1.29 bits per heavy atom. The number of aliphatic hydroxyl groups excluding tert-OH is 1. The molecule has 12 heteroatoms. The van der Waals surface area contributed by atoms with Crippen LogP contribution in [0.1, 0.15) is 43.8 Å². The van der Waals surface area contributed by atoms with Crippen LogP contribution in [0.4, 0.5) is 13.2 Å². The largest absolute Gasteiger partial charge is 0.522 e. The van der Waals surface area contributed by atoms with Crippen molar-refractivity contribution in [1.29, 1.82) is 0 Å². The molecule has 3 saturated carbocycles. The van der Waals surface area contributed by atoms with Crippen molar-refractivity contribution in [3.63, 3.8) is 0 Å². The maximum atomic E-state index is 12.8. The molecule has 6 rings (SSSR count). The molecular weight excluding hydrogens is 481 g/mol. The van der Waals surface area contributed by atoms with E-state index in [1.165, 1.54) is 4.90 Å². The Morgan fingerprint density at radius 2 is 2.03 bits per heavy atom. The van der Waals surface area contributed by atoms with Crippen LogP contribution in [0.2, 0.25) is 5.02 Å². The minimum atomic E-state index is -4.72. The van der Waals surface area contributed by atoms with E-state index in [1.54, 1.807) is 18.2 Å². The molecule has 1 saturated heterocycles. The van der Waals surface area contributed by atoms with E-state index in [0.717, 1.165) is 0 Å². The van der Waals surface area contributed by atoms with E-state index < -0.39 is 35.8 Å². The predicted molar refractivity (Wildman–Crippen MR) is 111 cm³/mol. The van der Waals surface area contributed by atoms with Crippen molar-refractivity contribution < 1.29 is 42.1 Å². The molecule has 2 aliphatic heterocycles. The van der Waals surface area contributed by atoms with Gasteiger partial charge in [0.25, 0.3) is 5.91 Å². The van der Waals surface area contributed by atoms with E-state index in [2.05, 4.69) is 10.1 Å². The zero-order valence-electron chi connectivity index (χ0n) is 18.1. The number of hydrogen-bond donors (Lipinski definition) is 2. The Bertz CT molecular complexity index is 986. The van der Waals surface area contributed by atoms with Gasteiger partial charge in [0.2, 0.25) is 5.91 Å². The average molecular weight is 505 g/mol. The van der Waals surface area contributed by atoms with Crippen molar-refractivity contribution in [3.05, 3.63) is 28.8 Å². The van der Waals surface area contributed by atoms with Gasteiger partial charge in [-0.15, -0.1) is 13.2 Å². The van der Waals surface area contributed by atoms with E-state index in [1.807, 2.05) is 0 Å². The van der Waals surface area contributed by atoms with E-state index in [9.17, 15) is 27.9 Å². The van der Waals surface area contributed by atoms with Gasteiger partial charge in [-0.25, -0.2) is 0 Å². The highest BCUT2D eigenvalue weighted by molar-refractivity contribution is 6.30. The molecule has 5 aliphatic rings. The molecule has 2 N–H and O–H groups in total. The average Bonchev–Trinajstić information content (AvgIpc) is 3.15. The minimum absolute atomic E-state index is 0.111. The van der Waals surface area contributed by atoms with Crippen LogP contribution in [0, 0.1) is 0 Å². The van der Waals surface area contributed by atoms with Crippen molar-refractivity contribution in [2.75, 3.05) is 19.7 Å². The molecule has 3 aliphatic carbocycles. The van der Waals surface area contributed by atoms with Crippen molar-refractivity contribution in [3.8, 4) is 5.75 Å². The fraction of sp³-hybridized carbons (Fsp3) is 0.636. The van der Waals surface area contributed by atoms with Crippen LogP contribution in [0.5, 0.6) is 5.75 Å². The number of amides is 2. The Hall–Kier alpha value is -2.08. The predicted octanol–water partition coefficient (Wildman–Crippen LogP) is 2.47. The number of aliphatic hydroxyl groups is 1. The number of carbonyl (C=O) groups excluding carboxylic acids is 2. The minimum Gasteiger partial charge on any atom is -0.480 e. The normalized spacial score (nSPS) is 33.9. The van der Waals surface area contributed by atoms with Crippen molar-refractivity contribution >= 4 is 23.4 Å². The first-order valence-electron chi connectivity index (χ1n) is 11.1. The second-order valence-electron chi connectivity index (χ2n) is 9.63. The summed E-state index contributed by atoms with van der Waals surface area (Å²) in [5.41, 5.74) is -0.372. The number of benzene rings is 1. The number of fused-ring (bicyclic) bond motifs is 1. The fourth-order valence-electron chi connectivity index (χ4n) is 5.45. The summed E-state index contributed by atoms with van der Waals surface area (Å²) in [5, 5.41) is 13.8. The van der Waals surface area contributed by atoms with Crippen LogP contribution in [0.15, 0.2) is 18.2 Å². The molecular formula is C22H24ClF3N2O6. The van der Waals surface area contributed by atoms with Crippen LogP contribution in [-0.2, 0) is 19.1 Å². The molecule has 2 bridgehead atoms. The molecule has 1 aromatic rings. The number of likely N-dealkylation sites (tertiary alicyclic amines) is 1. The lowest BCUT2D eigenvalue weighted by Crippen LogP contribution is -2.80. The number of hydrogen-bond acceptors (Lipinski definition) is 6. The molecule has 0 spiro atoms. The topological polar surface area (TPSA) is 97.3 Å². The number of nitrogens with one attached hydrogen (secondary N) is 1. The highest BCUT2D eigenvalue weighted by Crippen LogP contribution is 2.62. The standard InChI is InChI=1S/C22H24ClF3N2O6/c23-12-1-2-16-14(5-12)15(29)6-17(33-16)19(31)27-20-9-21(10-20,11-20)32-8-18(30)28-4-3-13(7-28)34-22(24,25)26/h1-2,5,13,15,17,29H,3-4,6-11H2,(H,27,31)/t13?,15-,17-,20?,21?/m1/s1. The maximum absolute atomic E-state index is 12.8. The van der Waals surface area contributed by atoms with Gasteiger partial charge in [-0.05, 0) is 43.9 Å². The smallest absolute Gasteiger partial charge is 0.480 e. The summed E-state index contributed by atoms with van der Waals surface area (Å²) in [7, 11) is 0. The van der Waals surface area contributed by atoms with E-state index in [0.29, 0.717) is 35.6 Å². The fourth-order valence-corrected chi connectivity index (χ4v) is 5.63. The summed E-state index contributed by atoms with van der Waals surface area (Å²) >= 11 is 5.96. The van der Waals surface area contributed by atoms with Crippen LogP contribution in [-0.4, -0.2) is 71.2 Å². The Kier molecular flexibility index (Phi) is 5.74. The first-order valence-corrected chi connectivity index (χ1v) is 11.5. The van der Waals surface area contributed by atoms with E-state index in [4.69, 9.17) is 21.1 Å². The molecule has 0 radical (unpaired) electrons. The van der Waals surface area contributed by atoms with Gasteiger partial charge in [-0.3, -0.25) is 14.3 Å². The third kappa shape index (κ3) is 4.58. The van der Waals surface area contributed by atoms with Crippen LogP contribution < -0.4 is 10.1 Å². The first-order chi connectivity index (χ1) is 15.9. The zero-order valence-corrected chi connectivity index (χ0v) is 18.8. The maximum Gasteiger partial charge on any atom is 0.522 e. The Morgan fingerprint density at radius 3 is 2.74 bits per heavy atom. The van der Waals surface area contributed by atoms with Crippen molar-refractivity contribution in [1.82, 2.24) is 10.2 Å². The van der Waals surface area contributed by atoms with Crippen LogP contribution in [0.3, 0.4) is 0 Å². The molecule has 3 atom stereocenters. The molecule has 4 fully saturated rings. The monoisotopic (exact) mass is 504 g/mol. The molecule has 0 aromatic heterocycles. The summed E-state index contributed by atoms with van der Waals surface area (Å²) in [6, 6.07) is 4.87. The Labute approximate surface area is 198 Å². The quantitative estimate of drug-likeness (QED) is 0.618. The lowest BCUT2D eigenvalue weighted by atomic mass is 9.46. The van der Waals surface area contributed by atoms with Crippen LogP contribution in [0.25, 0.3) is 0 Å². The second kappa shape index (κ2) is 8.25. The summed E-state index contributed by atoms with van der Waals surface area (Å²) in [6.07, 6.45) is -5.61. The van der Waals surface area contributed by atoms with Crippen molar-refractivity contribution in [2.24, 2.45) is 0 Å². The number of rotatable bonds is 6. The van der Waals surface area contributed by atoms with Gasteiger partial charge in [0.05, 0.1) is 17.8 Å². The van der Waals surface area contributed by atoms with Crippen LogP contribution >= 0.6 is 11.6 Å². The third-order valence-corrected chi connectivity index (χ3v) is 7.23. The third-order valence-electron chi connectivity index (χ3n) is 7.00. The van der Waals surface area contributed by atoms with Gasteiger partial charge < -0.3 is 24.8 Å². The van der Waals surface area contributed by atoms with Gasteiger partial charge in [0.15, 0.2) is 6.10 Å². The second-order valence-corrected chi connectivity index (χ2v) is 10.1.